The molecule has 1 aliphatic rings. The van der Waals surface area contributed by atoms with Gasteiger partial charge in [-0.3, -0.25) is 9.69 Å². The predicted molar refractivity (Wildman–Crippen MR) is 147 cm³/mol. The summed E-state index contributed by atoms with van der Waals surface area (Å²) in [5.74, 6) is 3.62. The quantitative estimate of drug-likeness (QED) is 0.299. The molecular formula is C29H31N5O6. The number of carbonyl (C=O) groups is 1. The molecular weight excluding hydrogens is 514 g/mol. The zero-order valence-electron chi connectivity index (χ0n) is 22.8. The highest BCUT2D eigenvalue weighted by atomic mass is 16.5. The van der Waals surface area contributed by atoms with Gasteiger partial charge in [-0.05, 0) is 73.5 Å². The molecule has 2 aromatic carbocycles. The van der Waals surface area contributed by atoms with Crippen molar-refractivity contribution in [3.63, 3.8) is 0 Å². The molecule has 1 aliphatic heterocycles. The van der Waals surface area contributed by atoms with Gasteiger partial charge in [0, 0.05) is 23.9 Å². The van der Waals surface area contributed by atoms with E-state index in [4.69, 9.17) is 23.5 Å². The average molecular weight is 546 g/mol. The number of benzene rings is 2. The molecule has 0 aliphatic carbocycles. The molecule has 4 aromatic rings. The first kappa shape index (κ1) is 26.9. The minimum atomic E-state index is -0.266. The Kier molecular flexibility index (Phi) is 8.11. The molecule has 1 amide bonds. The normalized spacial score (nSPS) is 15.1. The summed E-state index contributed by atoms with van der Waals surface area (Å²) < 4.78 is 27.3. The lowest BCUT2D eigenvalue weighted by atomic mass is 10.1. The van der Waals surface area contributed by atoms with Crippen molar-refractivity contribution in [2.24, 2.45) is 0 Å². The van der Waals surface area contributed by atoms with E-state index >= 15 is 0 Å². The number of nitrogens with one attached hydrogen (secondary N) is 1. The fraction of sp³-hybridized carbons (Fsp3) is 0.310. The molecule has 0 radical (unpaired) electrons. The van der Waals surface area contributed by atoms with E-state index in [9.17, 15) is 4.79 Å². The molecule has 1 N–H and O–H groups in total. The molecule has 5 rings (SSSR count). The highest BCUT2D eigenvalue weighted by molar-refractivity contribution is 6.03. The maximum Gasteiger partial charge on any atom is 0.256 e. The second kappa shape index (κ2) is 12.0. The Labute approximate surface area is 232 Å². The Morgan fingerprint density at radius 2 is 1.75 bits per heavy atom. The van der Waals surface area contributed by atoms with Crippen molar-refractivity contribution in [1.29, 1.82) is 0 Å². The van der Waals surface area contributed by atoms with Gasteiger partial charge in [0.1, 0.15) is 11.6 Å². The number of hydrogen-bond donors (Lipinski definition) is 1. The molecule has 11 heteroatoms. The van der Waals surface area contributed by atoms with Crippen molar-refractivity contribution in [2.45, 2.75) is 25.4 Å². The van der Waals surface area contributed by atoms with Gasteiger partial charge in [0.25, 0.3) is 5.91 Å². The van der Waals surface area contributed by atoms with Crippen LogP contribution in [0.5, 0.6) is 23.0 Å². The third kappa shape index (κ3) is 5.69. The van der Waals surface area contributed by atoms with Crippen LogP contribution in [0.4, 0.5) is 5.82 Å². The number of hydrogen-bond acceptors (Lipinski definition) is 10. The van der Waals surface area contributed by atoms with Crippen LogP contribution in [0, 0.1) is 0 Å². The molecule has 1 fully saturated rings. The fourth-order valence-electron chi connectivity index (χ4n) is 4.77. The van der Waals surface area contributed by atoms with E-state index in [1.54, 1.807) is 71.0 Å². The first-order valence-electron chi connectivity index (χ1n) is 12.8. The lowest BCUT2D eigenvalue weighted by Crippen LogP contribution is -2.23. The number of ether oxygens (including phenoxy) is 4. The van der Waals surface area contributed by atoms with Gasteiger partial charge in [0.15, 0.2) is 11.5 Å². The van der Waals surface area contributed by atoms with Crippen LogP contribution in [0.15, 0.2) is 59.3 Å². The van der Waals surface area contributed by atoms with Gasteiger partial charge in [0.05, 0.1) is 34.5 Å². The van der Waals surface area contributed by atoms with Crippen molar-refractivity contribution in [2.75, 3.05) is 40.3 Å². The Morgan fingerprint density at radius 3 is 2.38 bits per heavy atom. The first-order chi connectivity index (χ1) is 19.5. The number of anilines is 1. The SMILES string of the molecule is COc1ccc(C(=O)Nc2ccc(-c3noc(C4CCCN4Cc4cc(OC)c(OC)c(OC)c4)n3)cn2)cc1. The summed E-state index contributed by atoms with van der Waals surface area (Å²) in [6.45, 7) is 1.55. The number of carbonyl (C=O) groups excluding carboxylic acids is 1. The second-order valence-electron chi connectivity index (χ2n) is 9.23. The van der Waals surface area contributed by atoms with Crippen molar-refractivity contribution in [3.8, 4) is 34.4 Å². The smallest absolute Gasteiger partial charge is 0.256 e. The highest BCUT2D eigenvalue weighted by Crippen LogP contribution is 2.40. The number of rotatable bonds is 10. The Balaban J connectivity index is 1.26. The summed E-state index contributed by atoms with van der Waals surface area (Å²) in [6.07, 6.45) is 3.53. The van der Waals surface area contributed by atoms with Crippen LogP contribution in [0.3, 0.4) is 0 Å². The Morgan fingerprint density at radius 1 is 1.00 bits per heavy atom. The minimum Gasteiger partial charge on any atom is -0.497 e. The van der Waals surface area contributed by atoms with Gasteiger partial charge in [-0.1, -0.05) is 5.16 Å². The fourth-order valence-corrected chi connectivity index (χ4v) is 4.77. The van der Waals surface area contributed by atoms with Crippen LogP contribution in [-0.2, 0) is 6.54 Å². The predicted octanol–water partition coefficient (Wildman–Crippen LogP) is 4.76. The minimum absolute atomic E-state index is 0.0173. The Bertz CT molecular complexity index is 1430. The number of nitrogens with zero attached hydrogens (tertiary/aromatic N) is 4. The summed E-state index contributed by atoms with van der Waals surface area (Å²) in [6, 6.07) is 14.2. The molecule has 0 saturated carbocycles. The van der Waals surface area contributed by atoms with Crippen LogP contribution in [0.2, 0.25) is 0 Å². The van der Waals surface area contributed by atoms with Crippen LogP contribution >= 0.6 is 0 Å². The van der Waals surface area contributed by atoms with Crippen molar-refractivity contribution >= 4 is 11.7 Å². The van der Waals surface area contributed by atoms with Gasteiger partial charge >= 0.3 is 0 Å². The summed E-state index contributed by atoms with van der Waals surface area (Å²) in [7, 11) is 6.38. The number of methoxy groups -OCH3 is 4. The molecule has 1 atom stereocenters. The van der Waals surface area contributed by atoms with Gasteiger partial charge in [-0.2, -0.15) is 4.98 Å². The third-order valence-corrected chi connectivity index (χ3v) is 6.82. The molecule has 1 saturated heterocycles. The van der Waals surface area contributed by atoms with Gasteiger partial charge in [0.2, 0.25) is 17.5 Å². The maximum absolute atomic E-state index is 12.5. The zero-order valence-corrected chi connectivity index (χ0v) is 22.8. The molecule has 2 aromatic heterocycles. The van der Waals surface area contributed by atoms with Crippen LogP contribution < -0.4 is 24.3 Å². The van der Waals surface area contributed by atoms with Gasteiger partial charge in [-0.15, -0.1) is 0 Å². The lowest BCUT2D eigenvalue weighted by molar-refractivity contribution is 0.102. The molecule has 1 unspecified atom stereocenters. The second-order valence-corrected chi connectivity index (χ2v) is 9.23. The summed E-state index contributed by atoms with van der Waals surface area (Å²) in [5, 5.41) is 6.99. The van der Waals surface area contributed by atoms with E-state index in [0.717, 1.165) is 24.9 Å². The van der Waals surface area contributed by atoms with Crippen LogP contribution in [0.1, 0.15) is 40.7 Å². The third-order valence-electron chi connectivity index (χ3n) is 6.82. The number of aromatic nitrogens is 3. The number of amides is 1. The summed E-state index contributed by atoms with van der Waals surface area (Å²) in [4.78, 5) is 23.9. The standard InChI is InChI=1S/C29H31N5O6/c1-36-21-10-7-19(8-11-21)28(35)31-25-12-9-20(16-30-25)27-32-29(40-33-27)22-6-5-13-34(22)17-18-14-23(37-2)26(39-4)24(15-18)38-3/h7-12,14-16,22H,5-6,13,17H2,1-4H3,(H,30,31,35). The lowest BCUT2D eigenvalue weighted by Gasteiger charge is -2.22. The zero-order chi connectivity index (χ0) is 28.1. The summed E-state index contributed by atoms with van der Waals surface area (Å²) >= 11 is 0. The van der Waals surface area contributed by atoms with Crippen molar-refractivity contribution in [1.82, 2.24) is 20.0 Å². The topological polar surface area (TPSA) is 121 Å². The van der Waals surface area contributed by atoms with E-state index in [-0.39, 0.29) is 11.9 Å². The average Bonchev–Trinajstić information content (AvgIpc) is 3.67. The van der Waals surface area contributed by atoms with E-state index in [1.807, 2.05) is 12.1 Å². The highest BCUT2D eigenvalue weighted by Gasteiger charge is 2.31. The largest absolute Gasteiger partial charge is 0.497 e. The van der Waals surface area contributed by atoms with E-state index in [0.29, 0.717) is 58.2 Å². The molecule has 11 nitrogen and oxygen atoms in total. The van der Waals surface area contributed by atoms with E-state index in [2.05, 4.69) is 25.3 Å². The van der Waals surface area contributed by atoms with Gasteiger partial charge < -0.3 is 28.8 Å². The first-order valence-corrected chi connectivity index (χ1v) is 12.8. The van der Waals surface area contributed by atoms with E-state index < -0.39 is 0 Å². The van der Waals surface area contributed by atoms with Crippen LogP contribution in [-0.4, -0.2) is 60.9 Å². The van der Waals surface area contributed by atoms with Crippen molar-refractivity contribution in [3.05, 3.63) is 71.7 Å². The number of pyridine rings is 1. The monoisotopic (exact) mass is 545 g/mol. The van der Waals surface area contributed by atoms with Gasteiger partial charge in [-0.25, -0.2) is 4.98 Å². The number of likely N-dealkylation sites (tertiary alicyclic amines) is 1. The summed E-state index contributed by atoms with van der Waals surface area (Å²) in [5.41, 5.74) is 2.21. The molecule has 0 spiro atoms. The molecule has 208 valence electrons. The van der Waals surface area contributed by atoms with E-state index in [1.165, 1.54) is 0 Å². The maximum atomic E-state index is 12.5. The van der Waals surface area contributed by atoms with Crippen LogP contribution in [0.25, 0.3) is 11.4 Å². The molecule has 3 heterocycles. The Hall–Kier alpha value is -4.64. The molecule has 40 heavy (non-hydrogen) atoms. The molecule has 0 bridgehead atoms. The van der Waals surface area contributed by atoms with Crippen molar-refractivity contribution < 1.29 is 28.3 Å².